The van der Waals surface area contributed by atoms with Gasteiger partial charge in [-0.2, -0.15) is 5.10 Å². The first-order chi connectivity index (χ1) is 13.0. The number of hydrogen-bond acceptors (Lipinski definition) is 6. The highest BCUT2D eigenvalue weighted by atomic mass is 16.6. The van der Waals surface area contributed by atoms with E-state index in [0.29, 0.717) is 47.4 Å². The van der Waals surface area contributed by atoms with Crippen LogP contribution in [0.3, 0.4) is 0 Å². The maximum atomic E-state index is 12.2. The van der Waals surface area contributed by atoms with Gasteiger partial charge in [-0.3, -0.25) is 9.59 Å². The zero-order valence-corrected chi connectivity index (χ0v) is 14.8. The third kappa shape index (κ3) is 4.97. The Morgan fingerprint density at radius 3 is 2.52 bits per heavy atom. The van der Waals surface area contributed by atoms with E-state index in [2.05, 4.69) is 15.8 Å². The molecule has 2 aromatic carbocycles. The number of fused-ring (bicyclic) bond motifs is 1. The molecule has 2 amide bonds. The van der Waals surface area contributed by atoms with Crippen molar-refractivity contribution in [3.8, 4) is 11.5 Å². The summed E-state index contributed by atoms with van der Waals surface area (Å²) < 4.78 is 10.9. The van der Waals surface area contributed by atoms with Crippen molar-refractivity contribution in [3.63, 3.8) is 0 Å². The maximum absolute atomic E-state index is 12.2. The highest BCUT2D eigenvalue weighted by molar-refractivity contribution is 6.06. The first-order valence-corrected chi connectivity index (χ1v) is 8.40. The lowest BCUT2D eigenvalue weighted by Crippen LogP contribution is -2.21. The molecule has 0 fully saturated rings. The van der Waals surface area contributed by atoms with Crippen LogP contribution in [0.25, 0.3) is 0 Å². The Bertz CT molecular complexity index is 878. The first kappa shape index (κ1) is 18.2. The topological polar surface area (TPSA) is 115 Å². The summed E-state index contributed by atoms with van der Waals surface area (Å²) in [5.41, 5.74) is 10.1. The zero-order chi connectivity index (χ0) is 19.2. The van der Waals surface area contributed by atoms with Crippen LogP contribution in [0.15, 0.2) is 47.6 Å². The van der Waals surface area contributed by atoms with Gasteiger partial charge in [0, 0.05) is 28.7 Å². The number of nitrogens with one attached hydrogen (secondary N) is 2. The standard InChI is InChI=1S/C19H20N4O4/c1-12(22-23-19(25)13-2-4-14(20)5-3-13)10-18(24)21-15-6-7-16-17(11-15)27-9-8-26-16/h2-7,11H,8-10,20H2,1H3,(H,21,24)(H,23,25)/b22-12+. The molecule has 0 unspecified atom stereocenters. The minimum atomic E-state index is -0.374. The van der Waals surface area contributed by atoms with Crippen LogP contribution in [0.5, 0.6) is 11.5 Å². The first-order valence-electron chi connectivity index (χ1n) is 8.40. The fourth-order valence-corrected chi connectivity index (χ4v) is 2.44. The number of anilines is 2. The van der Waals surface area contributed by atoms with Gasteiger partial charge < -0.3 is 20.5 Å². The molecule has 1 heterocycles. The lowest BCUT2D eigenvalue weighted by atomic mass is 10.2. The Labute approximate surface area is 156 Å². The predicted molar refractivity (Wildman–Crippen MR) is 102 cm³/mol. The molecule has 4 N–H and O–H groups in total. The number of hydrazone groups is 1. The molecular formula is C19H20N4O4. The summed E-state index contributed by atoms with van der Waals surface area (Å²) in [4.78, 5) is 24.1. The van der Waals surface area contributed by atoms with Gasteiger partial charge in [0.15, 0.2) is 11.5 Å². The highest BCUT2D eigenvalue weighted by Crippen LogP contribution is 2.32. The number of ether oxygens (including phenoxy) is 2. The summed E-state index contributed by atoms with van der Waals surface area (Å²) >= 11 is 0. The summed E-state index contributed by atoms with van der Waals surface area (Å²) in [5.74, 6) is 0.624. The predicted octanol–water partition coefficient (Wildman–Crippen LogP) is 2.17. The smallest absolute Gasteiger partial charge is 0.271 e. The third-order valence-corrected chi connectivity index (χ3v) is 3.76. The van der Waals surface area contributed by atoms with E-state index in [4.69, 9.17) is 15.2 Å². The van der Waals surface area contributed by atoms with Crippen LogP contribution in [0.2, 0.25) is 0 Å². The van der Waals surface area contributed by atoms with Crippen LogP contribution in [0, 0.1) is 0 Å². The van der Waals surface area contributed by atoms with Crippen molar-refractivity contribution in [2.75, 3.05) is 24.3 Å². The fourth-order valence-electron chi connectivity index (χ4n) is 2.44. The van der Waals surface area contributed by atoms with E-state index in [0.717, 1.165) is 0 Å². The molecule has 1 aliphatic rings. The number of carbonyl (C=O) groups is 2. The Kier molecular flexibility index (Phi) is 5.55. The van der Waals surface area contributed by atoms with Crippen LogP contribution >= 0.6 is 0 Å². The van der Waals surface area contributed by atoms with Gasteiger partial charge in [-0.25, -0.2) is 5.43 Å². The van der Waals surface area contributed by atoms with Gasteiger partial charge >= 0.3 is 0 Å². The molecular weight excluding hydrogens is 348 g/mol. The number of carbonyl (C=O) groups excluding carboxylic acids is 2. The molecule has 140 valence electrons. The van der Waals surface area contributed by atoms with Crippen molar-refractivity contribution >= 4 is 28.9 Å². The summed E-state index contributed by atoms with van der Waals surface area (Å²) in [6.07, 6.45) is 0.0382. The molecule has 8 nitrogen and oxygen atoms in total. The van der Waals surface area contributed by atoms with Crippen molar-refractivity contribution in [1.82, 2.24) is 5.43 Å². The fraction of sp³-hybridized carbons (Fsp3) is 0.211. The number of nitrogen functional groups attached to an aromatic ring is 1. The van der Waals surface area contributed by atoms with Gasteiger partial charge in [0.25, 0.3) is 5.91 Å². The molecule has 3 rings (SSSR count). The molecule has 0 atom stereocenters. The molecule has 8 heteroatoms. The molecule has 27 heavy (non-hydrogen) atoms. The molecule has 0 radical (unpaired) electrons. The van der Waals surface area contributed by atoms with Gasteiger partial charge in [-0.1, -0.05) is 0 Å². The van der Waals surface area contributed by atoms with Crippen LogP contribution in [-0.2, 0) is 4.79 Å². The zero-order valence-electron chi connectivity index (χ0n) is 14.8. The van der Waals surface area contributed by atoms with E-state index in [9.17, 15) is 9.59 Å². The van der Waals surface area contributed by atoms with E-state index in [1.807, 2.05) is 0 Å². The summed E-state index contributed by atoms with van der Waals surface area (Å²) in [7, 11) is 0. The van der Waals surface area contributed by atoms with E-state index < -0.39 is 0 Å². The number of benzene rings is 2. The molecule has 2 aromatic rings. The van der Waals surface area contributed by atoms with Crippen LogP contribution in [0.4, 0.5) is 11.4 Å². The van der Waals surface area contributed by atoms with Crippen molar-refractivity contribution in [1.29, 1.82) is 0 Å². The summed E-state index contributed by atoms with van der Waals surface area (Å²) in [6, 6.07) is 11.7. The van der Waals surface area contributed by atoms with E-state index in [1.54, 1.807) is 49.4 Å². The monoisotopic (exact) mass is 368 g/mol. The number of rotatable bonds is 5. The number of nitrogens with zero attached hydrogens (tertiary/aromatic N) is 1. The number of amides is 2. The minimum Gasteiger partial charge on any atom is -0.486 e. The molecule has 0 saturated heterocycles. The van der Waals surface area contributed by atoms with Crippen molar-refractivity contribution in [3.05, 3.63) is 48.0 Å². The second-order valence-electron chi connectivity index (χ2n) is 5.99. The Balaban J connectivity index is 1.53. The quantitative estimate of drug-likeness (QED) is 0.425. The van der Waals surface area contributed by atoms with Gasteiger partial charge in [-0.05, 0) is 43.3 Å². The van der Waals surface area contributed by atoms with E-state index in [1.165, 1.54) is 0 Å². The van der Waals surface area contributed by atoms with Gasteiger partial charge in [0.05, 0.1) is 6.42 Å². The summed E-state index contributed by atoms with van der Waals surface area (Å²) in [5, 5.41) is 6.72. The second-order valence-corrected chi connectivity index (χ2v) is 5.99. The maximum Gasteiger partial charge on any atom is 0.271 e. The summed E-state index contributed by atoms with van der Waals surface area (Å²) in [6.45, 7) is 2.65. The molecule has 0 bridgehead atoms. The van der Waals surface area contributed by atoms with Crippen LogP contribution in [-0.4, -0.2) is 30.7 Å². The Hall–Kier alpha value is -3.55. The Morgan fingerprint density at radius 2 is 1.78 bits per heavy atom. The average molecular weight is 368 g/mol. The van der Waals surface area contributed by atoms with Gasteiger partial charge in [0.2, 0.25) is 5.91 Å². The molecule has 0 aliphatic carbocycles. The number of nitrogens with two attached hydrogens (primary N) is 1. The largest absolute Gasteiger partial charge is 0.486 e. The third-order valence-electron chi connectivity index (χ3n) is 3.76. The van der Waals surface area contributed by atoms with Crippen molar-refractivity contribution < 1.29 is 19.1 Å². The van der Waals surface area contributed by atoms with Crippen molar-refractivity contribution in [2.45, 2.75) is 13.3 Å². The van der Waals surface area contributed by atoms with Gasteiger partial charge in [0.1, 0.15) is 13.2 Å². The lowest BCUT2D eigenvalue weighted by Gasteiger charge is -2.19. The normalized spacial score (nSPS) is 13.0. The van der Waals surface area contributed by atoms with Crippen LogP contribution < -0.4 is 25.9 Å². The molecule has 0 spiro atoms. The van der Waals surface area contributed by atoms with Crippen molar-refractivity contribution in [2.24, 2.45) is 5.10 Å². The average Bonchev–Trinajstić information content (AvgIpc) is 2.66. The molecule has 1 aliphatic heterocycles. The van der Waals surface area contributed by atoms with Gasteiger partial charge in [-0.15, -0.1) is 0 Å². The minimum absolute atomic E-state index is 0.0382. The Morgan fingerprint density at radius 1 is 1.07 bits per heavy atom. The molecule has 0 saturated carbocycles. The highest BCUT2D eigenvalue weighted by Gasteiger charge is 2.13. The van der Waals surface area contributed by atoms with E-state index >= 15 is 0 Å². The van der Waals surface area contributed by atoms with Crippen LogP contribution in [0.1, 0.15) is 23.7 Å². The number of hydrogen-bond donors (Lipinski definition) is 3. The second kappa shape index (κ2) is 8.22. The lowest BCUT2D eigenvalue weighted by molar-refractivity contribution is -0.115. The SMILES string of the molecule is C/C(CC(=O)Nc1ccc2c(c1)OCCO2)=N\NC(=O)c1ccc(N)cc1. The molecule has 0 aromatic heterocycles. The van der Waals surface area contributed by atoms with E-state index in [-0.39, 0.29) is 18.2 Å².